The van der Waals surface area contributed by atoms with E-state index in [0.717, 1.165) is 19.2 Å². The first-order valence-corrected chi connectivity index (χ1v) is 5.99. The fourth-order valence-corrected chi connectivity index (χ4v) is 1.80. The van der Waals surface area contributed by atoms with Crippen LogP contribution in [-0.2, 0) is 4.74 Å². The number of hydrogen-bond donors (Lipinski definition) is 0. The molecule has 1 aromatic rings. The van der Waals surface area contributed by atoms with Crippen LogP contribution in [0.3, 0.4) is 0 Å². The summed E-state index contributed by atoms with van der Waals surface area (Å²) in [5.74, 6) is -1.86. The van der Waals surface area contributed by atoms with E-state index in [1.807, 2.05) is 0 Å². The lowest BCUT2D eigenvalue weighted by molar-refractivity contribution is -0.384. The molecule has 0 fully saturated rings. The van der Waals surface area contributed by atoms with Gasteiger partial charge in [0.05, 0.1) is 12.0 Å². The van der Waals surface area contributed by atoms with Crippen molar-refractivity contribution in [3.8, 4) is 0 Å². The fourth-order valence-electron chi connectivity index (χ4n) is 1.80. The van der Waals surface area contributed by atoms with Crippen molar-refractivity contribution in [2.45, 2.75) is 0 Å². The first-order valence-electron chi connectivity index (χ1n) is 5.99. The van der Waals surface area contributed by atoms with Crippen LogP contribution < -0.4 is 4.90 Å². The van der Waals surface area contributed by atoms with E-state index < -0.39 is 22.3 Å². The topological polar surface area (TPSA) is 72.7 Å². The molecule has 0 aliphatic heterocycles. The van der Waals surface area contributed by atoms with Gasteiger partial charge in [-0.1, -0.05) is 12.2 Å². The fraction of sp³-hybridized carbons (Fsp3) is 0.214. The molecular weight excluding hydrogens is 279 g/mol. The number of rotatable bonds is 7. The molecule has 0 radical (unpaired) electrons. The van der Waals surface area contributed by atoms with Gasteiger partial charge in [0.25, 0.3) is 5.69 Å². The number of nitrogens with zero attached hydrogens (tertiary/aromatic N) is 2. The summed E-state index contributed by atoms with van der Waals surface area (Å²) < 4.78 is 18.4. The number of halogens is 1. The summed E-state index contributed by atoms with van der Waals surface area (Å²) in [6, 6.07) is 1.81. The SMILES string of the molecule is C=CCN(CC=C)c1cc(F)c(C(=O)OC)cc1[N+](=O)[O-]. The number of methoxy groups -OCH3 is 1. The zero-order valence-electron chi connectivity index (χ0n) is 11.5. The summed E-state index contributed by atoms with van der Waals surface area (Å²) >= 11 is 0. The molecule has 6 nitrogen and oxygen atoms in total. The minimum absolute atomic E-state index is 0.0463. The van der Waals surface area contributed by atoms with Crippen LogP contribution >= 0.6 is 0 Å². The Morgan fingerprint density at radius 1 is 1.43 bits per heavy atom. The zero-order chi connectivity index (χ0) is 16.0. The molecule has 0 unspecified atom stereocenters. The van der Waals surface area contributed by atoms with Gasteiger partial charge in [-0.25, -0.2) is 9.18 Å². The molecule has 1 rings (SSSR count). The maximum atomic E-state index is 14.0. The molecule has 1 aromatic carbocycles. The molecule has 0 heterocycles. The first kappa shape index (κ1) is 16.4. The van der Waals surface area contributed by atoms with E-state index in [0.29, 0.717) is 0 Å². The van der Waals surface area contributed by atoms with E-state index >= 15 is 0 Å². The number of benzene rings is 1. The number of carbonyl (C=O) groups excluding carboxylic acids is 1. The Morgan fingerprint density at radius 3 is 2.43 bits per heavy atom. The molecule has 0 N–H and O–H groups in total. The predicted octanol–water partition coefficient (Wildman–Crippen LogP) is 2.70. The van der Waals surface area contributed by atoms with Crippen LogP contribution in [-0.4, -0.2) is 31.1 Å². The Morgan fingerprint density at radius 2 is 2.00 bits per heavy atom. The van der Waals surface area contributed by atoms with E-state index in [1.54, 1.807) is 0 Å². The Balaban J connectivity index is 3.46. The number of nitro groups is 1. The van der Waals surface area contributed by atoms with Crippen LogP contribution in [0.5, 0.6) is 0 Å². The van der Waals surface area contributed by atoms with Crippen LogP contribution in [0.15, 0.2) is 37.4 Å². The number of nitro benzene ring substituents is 1. The number of carbonyl (C=O) groups is 1. The number of hydrogen-bond acceptors (Lipinski definition) is 5. The highest BCUT2D eigenvalue weighted by Gasteiger charge is 2.25. The molecule has 7 heteroatoms. The van der Waals surface area contributed by atoms with Crippen molar-refractivity contribution in [2.75, 3.05) is 25.1 Å². The number of esters is 1. The molecule has 0 spiro atoms. The van der Waals surface area contributed by atoms with Crippen molar-refractivity contribution in [3.63, 3.8) is 0 Å². The first-order chi connectivity index (χ1) is 9.96. The van der Waals surface area contributed by atoms with Crippen molar-refractivity contribution < 1.29 is 18.8 Å². The lowest BCUT2D eigenvalue weighted by Crippen LogP contribution is -2.24. The molecule has 0 aliphatic rings. The second-order valence-corrected chi connectivity index (χ2v) is 4.05. The Hall–Kier alpha value is -2.70. The van der Waals surface area contributed by atoms with Crippen LogP contribution in [0, 0.1) is 15.9 Å². The highest BCUT2D eigenvalue weighted by molar-refractivity contribution is 5.91. The van der Waals surface area contributed by atoms with Gasteiger partial charge in [0.2, 0.25) is 0 Å². The molecule has 0 amide bonds. The van der Waals surface area contributed by atoms with E-state index in [9.17, 15) is 19.3 Å². The monoisotopic (exact) mass is 294 g/mol. The van der Waals surface area contributed by atoms with Crippen LogP contribution in [0.1, 0.15) is 10.4 Å². The summed E-state index contributed by atoms with van der Waals surface area (Å²) in [6.45, 7) is 7.64. The van der Waals surface area contributed by atoms with Crippen LogP contribution in [0.25, 0.3) is 0 Å². The third-order valence-electron chi connectivity index (χ3n) is 2.71. The summed E-state index contributed by atoms with van der Waals surface area (Å²) in [5.41, 5.74) is -0.824. The van der Waals surface area contributed by atoms with Crippen LogP contribution in [0.2, 0.25) is 0 Å². The molecule has 21 heavy (non-hydrogen) atoms. The highest BCUT2D eigenvalue weighted by atomic mass is 19.1. The quantitative estimate of drug-likeness (QED) is 0.334. The molecule has 0 aromatic heterocycles. The number of anilines is 1. The predicted molar refractivity (Wildman–Crippen MR) is 77.0 cm³/mol. The minimum atomic E-state index is -0.971. The summed E-state index contributed by atoms with van der Waals surface area (Å²) in [4.78, 5) is 23.4. The molecule has 0 aliphatic carbocycles. The van der Waals surface area contributed by atoms with E-state index in [2.05, 4.69) is 17.9 Å². The summed E-state index contributed by atoms with van der Waals surface area (Å²) in [5, 5.41) is 11.2. The van der Waals surface area contributed by atoms with Crippen molar-refractivity contribution in [1.82, 2.24) is 0 Å². The van der Waals surface area contributed by atoms with Gasteiger partial charge >= 0.3 is 5.97 Å². The summed E-state index contributed by atoms with van der Waals surface area (Å²) in [6.07, 6.45) is 3.05. The standard InChI is InChI=1S/C14H15FN2O4/c1-4-6-16(7-5-2)12-9-11(15)10(14(18)21-3)8-13(12)17(19)20/h4-5,8-9H,1-2,6-7H2,3H3. The van der Waals surface area contributed by atoms with Crippen molar-refractivity contribution >= 4 is 17.3 Å². The molecule has 0 bridgehead atoms. The lowest BCUT2D eigenvalue weighted by Gasteiger charge is -2.21. The average molecular weight is 294 g/mol. The van der Waals surface area contributed by atoms with Gasteiger partial charge in [-0.2, -0.15) is 0 Å². The van der Waals surface area contributed by atoms with Gasteiger partial charge in [-0.05, 0) is 0 Å². The highest BCUT2D eigenvalue weighted by Crippen LogP contribution is 2.31. The second kappa shape index (κ2) is 7.18. The van der Waals surface area contributed by atoms with E-state index in [1.165, 1.54) is 17.1 Å². The molecule has 0 saturated heterocycles. The van der Waals surface area contributed by atoms with Gasteiger partial charge in [-0.15, -0.1) is 13.2 Å². The third-order valence-corrected chi connectivity index (χ3v) is 2.71. The van der Waals surface area contributed by atoms with Gasteiger partial charge in [0.15, 0.2) is 0 Å². The third kappa shape index (κ3) is 3.65. The van der Waals surface area contributed by atoms with Crippen molar-refractivity contribution in [2.24, 2.45) is 0 Å². The van der Waals surface area contributed by atoms with Gasteiger partial charge in [0, 0.05) is 25.2 Å². The maximum Gasteiger partial charge on any atom is 0.341 e. The number of ether oxygens (including phenoxy) is 1. The molecule has 0 saturated carbocycles. The van der Waals surface area contributed by atoms with Crippen LogP contribution in [0.4, 0.5) is 15.8 Å². The van der Waals surface area contributed by atoms with Gasteiger partial charge in [-0.3, -0.25) is 10.1 Å². The van der Waals surface area contributed by atoms with Gasteiger partial charge < -0.3 is 9.64 Å². The van der Waals surface area contributed by atoms with Crippen molar-refractivity contribution in [1.29, 1.82) is 0 Å². The summed E-state index contributed by atoms with van der Waals surface area (Å²) in [7, 11) is 1.07. The van der Waals surface area contributed by atoms with E-state index in [-0.39, 0.29) is 24.5 Å². The largest absolute Gasteiger partial charge is 0.465 e. The second-order valence-electron chi connectivity index (χ2n) is 4.05. The maximum absolute atomic E-state index is 14.0. The normalized spacial score (nSPS) is 9.81. The van der Waals surface area contributed by atoms with Gasteiger partial charge in [0.1, 0.15) is 17.1 Å². The Labute approximate surface area is 121 Å². The molecular formula is C14H15FN2O4. The molecule has 0 atom stereocenters. The Kier molecular flexibility index (Phi) is 5.59. The smallest absolute Gasteiger partial charge is 0.341 e. The van der Waals surface area contributed by atoms with Crippen molar-refractivity contribution in [3.05, 3.63) is 58.9 Å². The average Bonchev–Trinajstić information content (AvgIpc) is 2.45. The minimum Gasteiger partial charge on any atom is -0.465 e. The van der Waals surface area contributed by atoms with E-state index in [4.69, 9.17) is 0 Å². The Bertz CT molecular complexity index is 577. The molecule has 112 valence electrons. The lowest BCUT2D eigenvalue weighted by atomic mass is 10.1. The zero-order valence-corrected chi connectivity index (χ0v) is 11.5.